The van der Waals surface area contributed by atoms with E-state index in [-0.39, 0.29) is 0 Å². The molecule has 0 radical (unpaired) electrons. The zero-order chi connectivity index (χ0) is 9.97. The van der Waals surface area contributed by atoms with Crippen molar-refractivity contribution in [3.8, 4) is 10.7 Å². The quantitative estimate of drug-likeness (QED) is 0.809. The van der Waals surface area contributed by atoms with Crippen LogP contribution in [0.4, 0.5) is 0 Å². The molecule has 0 saturated carbocycles. The van der Waals surface area contributed by atoms with Gasteiger partial charge in [-0.3, -0.25) is 0 Å². The fraction of sp³-hybridized carbons (Fsp3) is 0.300. The fourth-order valence-corrected chi connectivity index (χ4v) is 2.39. The van der Waals surface area contributed by atoms with Gasteiger partial charge in [0.05, 0.1) is 11.4 Å². The number of aromatic nitrogens is 2. The molecule has 0 saturated heterocycles. The van der Waals surface area contributed by atoms with Gasteiger partial charge >= 0.3 is 0 Å². The van der Waals surface area contributed by atoms with Crippen LogP contribution in [0.25, 0.3) is 10.7 Å². The summed E-state index contributed by atoms with van der Waals surface area (Å²) in [5, 5.41) is 4.21. The molecule has 14 heavy (non-hydrogen) atoms. The second-order valence-corrected chi connectivity index (χ2v) is 4.23. The third kappa shape index (κ3) is 1.71. The maximum Gasteiger partial charge on any atom is 0.140 e. The standard InChI is InChI=1S/C10H13N3S/c1-7-9(6-11-2)14-10(13-7)8-4-3-5-12-8/h3-5,11-12H,6H2,1-2H3. The normalized spacial score (nSPS) is 10.7. The monoisotopic (exact) mass is 207 g/mol. The van der Waals surface area contributed by atoms with E-state index in [0.29, 0.717) is 0 Å². The minimum absolute atomic E-state index is 0.893. The Bertz CT molecular complexity index is 403. The van der Waals surface area contributed by atoms with Crippen molar-refractivity contribution < 1.29 is 0 Å². The second kappa shape index (κ2) is 3.94. The van der Waals surface area contributed by atoms with Crippen molar-refractivity contribution in [3.05, 3.63) is 28.9 Å². The molecule has 2 aromatic rings. The Morgan fingerprint density at radius 2 is 2.43 bits per heavy atom. The molecule has 2 N–H and O–H groups in total. The van der Waals surface area contributed by atoms with Crippen LogP contribution in [0, 0.1) is 6.92 Å². The Morgan fingerprint density at radius 3 is 3.07 bits per heavy atom. The molecule has 3 nitrogen and oxygen atoms in total. The smallest absolute Gasteiger partial charge is 0.140 e. The highest BCUT2D eigenvalue weighted by atomic mass is 32.1. The lowest BCUT2D eigenvalue weighted by Crippen LogP contribution is -2.04. The molecule has 0 atom stereocenters. The molecule has 2 aromatic heterocycles. The highest BCUT2D eigenvalue weighted by Gasteiger charge is 2.08. The number of H-pyrrole nitrogens is 1. The number of hydrogen-bond acceptors (Lipinski definition) is 3. The molecule has 0 unspecified atom stereocenters. The Hall–Kier alpha value is -1.13. The first-order chi connectivity index (χ1) is 6.81. The summed E-state index contributed by atoms with van der Waals surface area (Å²) in [7, 11) is 1.95. The first kappa shape index (κ1) is 9.43. The van der Waals surface area contributed by atoms with E-state index in [1.807, 2.05) is 25.4 Å². The van der Waals surface area contributed by atoms with Crippen LogP contribution >= 0.6 is 11.3 Å². The van der Waals surface area contributed by atoms with Crippen LogP contribution in [-0.4, -0.2) is 17.0 Å². The maximum atomic E-state index is 4.52. The molecule has 2 rings (SSSR count). The van der Waals surface area contributed by atoms with Gasteiger partial charge in [0.15, 0.2) is 0 Å². The Morgan fingerprint density at radius 1 is 1.57 bits per heavy atom. The number of nitrogens with one attached hydrogen (secondary N) is 2. The van der Waals surface area contributed by atoms with Gasteiger partial charge in [0.1, 0.15) is 5.01 Å². The number of hydrogen-bond donors (Lipinski definition) is 2. The van der Waals surface area contributed by atoms with E-state index in [1.165, 1.54) is 4.88 Å². The van der Waals surface area contributed by atoms with Crippen LogP contribution in [0.15, 0.2) is 18.3 Å². The average Bonchev–Trinajstić information content (AvgIpc) is 2.76. The van der Waals surface area contributed by atoms with E-state index in [0.717, 1.165) is 22.9 Å². The Balaban J connectivity index is 2.33. The van der Waals surface area contributed by atoms with Crippen LogP contribution in [0.1, 0.15) is 10.6 Å². The van der Waals surface area contributed by atoms with Gasteiger partial charge in [-0.25, -0.2) is 4.98 Å². The van der Waals surface area contributed by atoms with E-state index in [9.17, 15) is 0 Å². The van der Waals surface area contributed by atoms with Gasteiger partial charge in [-0.05, 0) is 26.1 Å². The molecule has 4 heteroatoms. The molecule has 0 bridgehead atoms. The SMILES string of the molecule is CNCc1sc(-c2ccc[nH]2)nc1C. The van der Waals surface area contributed by atoms with Crippen molar-refractivity contribution in [3.63, 3.8) is 0 Å². The predicted molar refractivity (Wildman–Crippen MR) is 59.4 cm³/mol. The van der Waals surface area contributed by atoms with E-state index in [1.54, 1.807) is 11.3 Å². The second-order valence-electron chi connectivity index (χ2n) is 3.14. The van der Waals surface area contributed by atoms with Gasteiger partial charge in [-0.15, -0.1) is 11.3 Å². The van der Waals surface area contributed by atoms with E-state index in [2.05, 4.69) is 22.2 Å². The number of nitrogens with zero attached hydrogens (tertiary/aromatic N) is 1. The summed E-state index contributed by atoms with van der Waals surface area (Å²) in [4.78, 5) is 8.99. The minimum Gasteiger partial charge on any atom is -0.359 e. The molecule has 0 aliphatic heterocycles. The molecular formula is C10H13N3S. The Labute approximate surface area is 87.2 Å². The first-order valence-corrected chi connectivity index (χ1v) is 5.37. The van der Waals surface area contributed by atoms with Crippen molar-refractivity contribution in [2.45, 2.75) is 13.5 Å². The van der Waals surface area contributed by atoms with Gasteiger partial charge in [-0.1, -0.05) is 0 Å². The van der Waals surface area contributed by atoms with Gasteiger partial charge in [-0.2, -0.15) is 0 Å². The van der Waals surface area contributed by atoms with E-state index >= 15 is 0 Å². The summed E-state index contributed by atoms with van der Waals surface area (Å²) in [6, 6.07) is 4.03. The molecule has 0 aliphatic rings. The predicted octanol–water partition coefficient (Wildman–Crippen LogP) is 2.17. The van der Waals surface area contributed by atoms with Crippen molar-refractivity contribution in [2.75, 3.05) is 7.05 Å². The number of thiazole rings is 1. The van der Waals surface area contributed by atoms with Crippen LogP contribution in [-0.2, 0) is 6.54 Å². The third-order valence-corrected chi connectivity index (χ3v) is 3.25. The van der Waals surface area contributed by atoms with Gasteiger partial charge in [0, 0.05) is 17.6 Å². The van der Waals surface area contributed by atoms with Crippen molar-refractivity contribution in [1.29, 1.82) is 0 Å². The summed E-state index contributed by atoms with van der Waals surface area (Å²) >= 11 is 1.74. The number of rotatable bonds is 3. The van der Waals surface area contributed by atoms with Gasteiger partial charge in [0.2, 0.25) is 0 Å². The summed E-state index contributed by atoms with van der Waals surface area (Å²) < 4.78 is 0. The zero-order valence-corrected chi connectivity index (χ0v) is 9.11. The molecule has 0 spiro atoms. The summed E-state index contributed by atoms with van der Waals surface area (Å²) in [5.41, 5.74) is 2.22. The molecule has 0 amide bonds. The summed E-state index contributed by atoms with van der Waals surface area (Å²) in [6.07, 6.45) is 1.92. The number of aromatic amines is 1. The molecule has 74 valence electrons. The largest absolute Gasteiger partial charge is 0.359 e. The lowest BCUT2D eigenvalue weighted by molar-refractivity contribution is 0.823. The average molecular weight is 207 g/mol. The van der Waals surface area contributed by atoms with E-state index < -0.39 is 0 Å². The lowest BCUT2D eigenvalue weighted by Gasteiger charge is -1.93. The minimum atomic E-state index is 0.893. The highest BCUT2D eigenvalue weighted by Crippen LogP contribution is 2.26. The topological polar surface area (TPSA) is 40.7 Å². The fourth-order valence-electron chi connectivity index (χ4n) is 1.33. The molecule has 0 aromatic carbocycles. The molecule has 0 aliphatic carbocycles. The van der Waals surface area contributed by atoms with Crippen LogP contribution in [0.5, 0.6) is 0 Å². The van der Waals surface area contributed by atoms with Crippen LogP contribution in [0.2, 0.25) is 0 Å². The van der Waals surface area contributed by atoms with Crippen LogP contribution < -0.4 is 5.32 Å². The maximum absolute atomic E-state index is 4.52. The Kier molecular flexibility index (Phi) is 2.65. The summed E-state index contributed by atoms with van der Waals surface area (Å²) in [5.74, 6) is 0. The molecule has 0 fully saturated rings. The molecular weight excluding hydrogens is 194 g/mol. The lowest BCUT2D eigenvalue weighted by atomic mass is 10.4. The van der Waals surface area contributed by atoms with Gasteiger partial charge < -0.3 is 10.3 Å². The number of aryl methyl sites for hydroxylation is 1. The van der Waals surface area contributed by atoms with Gasteiger partial charge in [0.25, 0.3) is 0 Å². The summed E-state index contributed by atoms with van der Waals surface area (Å²) in [6.45, 7) is 2.94. The highest BCUT2D eigenvalue weighted by molar-refractivity contribution is 7.15. The van der Waals surface area contributed by atoms with Crippen molar-refractivity contribution in [1.82, 2.24) is 15.3 Å². The van der Waals surface area contributed by atoms with Crippen molar-refractivity contribution >= 4 is 11.3 Å². The third-order valence-electron chi connectivity index (χ3n) is 2.06. The molecule has 2 heterocycles. The van der Waals surface area contributed by atoms with Crippen molar-refractivity contribution in [2.24, 2.45) is 0 Å². The zero-order valence-electron chi connectivity index (χ0n) is 8.29. The van der Waals surface area contributed by atoms with Crippen LogP contribution in [0.3, 0.4) is 0 Å². The van der Waals surface area contributed by atoms with E-state index in [4.69, 9.17) is 0 Å². The first-order valence-electron chi connectivity index (χ1n) is 4.56.